The normalized spacial score (nSPS) is 17.6. The monoisotopic (exact) mass is 285 g/mol. The van der Waals surface area contributed by atoms with Crippen molar-refractivity contribution in [3.8, 4) is 0 Å². The Balaban J connectivity index is 1.59. The molecular formula is C17H23N3O. The number of nitrogens with two attached hydrogens (primary N) is 1. The van der Waals surface area contributed by atoms with Gasteiger partial charge in [0.15, 0.2) is 0 Å². The quantitative estimate of drug-likeness (QED) is 0.762. The summed E-state index contributed by atoms with van der Waals surface area (Å²) in [5.41, 5.74) is 8.25. The molecule has 1 aliphatic rings. The van der Waals surface area contributed by atoms with E-state index in [1.54, 1.807) is 0 Å². The standard InChI is InChI=1S/C17H23N3O/c1-11(8-12-6-7-12)20-17(21)15(18)9-13-10-19-16-5-3-2-4-14(13)16/h2-5,10-12,15,19H,6-9,18H2,1H3,(H,20,21). The van der Waals surface area contributed by atoms with E-state index in [0.717, 1.165) is 28.8 Å². The average molecular weight is 285 g/mol. The zero-order valence-corrected chi connectivity index (χ0v) is 12.4. The van der Waals surface area contributed by atoms with Crippen molar-refractivity contribution in [3.63, 3.8) is 0 Å². The van der Waals surface area contributed by atoms with Crippen LogP contribution in [0.4, 0.5) is 0 Å². The summed E-state index contributed by atoms with van der Waals surface area (Å²) >= 11 is 0. The van der Waals surface area contributed by atoms with Crippen molar-refractivity contribution in [2.45, 2.75) is 44.7 Å². The van der Waals surface area contributed by atoms with Gasteiger partial charge in [-0.3, -0.25) is 4.79 Å². The minimum absolute atomic E-state index is 0.0477. The number of fused-ring (bicyclic) bond motifs is 1. The van der Waals surface area contributed by atoms with Gasteiger partial charge in [0.1, 0.15) is 0 Å². The highest BCUT2D eigenvalue weighted by atomic mass is 16.2. The van der Waals surface area contributed by atoms with Gasteiger partial charge in [-0.2, -0.15) is 0 Å². The van der Waals surface area contributed by atoms with Crippen molar-refractivity contribution in [2.24, 2.45) is 11.7 Å². The minimum Gasteiger partial charge on any atom is -0.361 e. The van der Waals surface area contributed by atoms with Gasteiger partial charge in [0.05, 0.1) is 6.04 Å². The first kappa shape index (κ1) is 14.1. The third kappa shape index (κ3) is 3.45. The second-order valence-corrected chi connectivity index (χ2v) is 6.26. The number of rotatable bonds is 6. The molecule has 1 amide bonds. The summed E-state index contributed by atoms with van der Waals surface area (Å²) in [5, 5.41) is 4.18. The van der Waals surface area contributed by atoms with Crippen LogP contribution in [0.1, 0.15) is 31.7 Å². The minimum atomic E-state index is -0.495. The van der Waals surface area contributed by atoms with E-state index >= 15 is 0 Å². The lowest BCUT2D eigenvalue weighted by Crippen LogP contribution is -2.45. The van der Waals surface area contributed by atoms with Crippen molar-refractivity contribution in [1.82, 2.24) is 10.3 Å². The van der Waals surface area contributed by atoms with Gasteiger partial charge in [0, 0.05) is 23.1 Å². The predicted molar refractivity (Wildman–Crippen MR) is 84.9 cm³/mol. The topological polar surface area (TPSA) is 70.9 Å². The second kappa shape index (κ2) is 5.90. The number of aromatic nitrogens is 1. The molecule has 0 saturated heterocycles. The maximum Gasteiger partial charge on any atom is 0.237 e. The zero-order chi connectivity index (χ0) is 14.8. The van der Waals surface area contributed by atoms with Gasteiger partial charge in [-0.25, -0.2) is 0 Å². The third-order valence-corrected chi connectivity index (χ3v) is 4.22. The lowest BCUT2D eigenvalue weighted by molar-refractivity contribution is -0.123. The first-order chi connectivity index (χ1) is 10.1. The van der Waals surface area contributed by atoms with Gasteiger partial charge >= 0.3 is 0 Å². The number of para-hydroxylation sites is 1. The summed E-state index contributed by atoms with van der Waals surface area (Å²) in [5.74, 6) is 0.763. The van der Waals surface area contributed by atoms with Crippen LogP contribution in [-0.2, 0) is 11.2 Å². The van der Waals surface area contributed by atoms with Gasteiger partial charge in [-0.1, -0.05) is 31.0 Å². The molecule has 0 aliphatic heterocycles. The highest BCUT2D eigenvalue weighted by molar-refractivity contribution is 5.86. The van der Waals surface area contributed by atoms with E-state index in [-0.39, 0.29) is 11.9 Å². The number of hydrogen-bond donors (Lipinski definition) is 3. The largest absolute Gasteiger partial charge is 0.361 e. The Labute approximate surface area is 125 Å². The number of aromatic amines is 1. The van der Waals surface area contributed by atoms with Crippen LogP contribution >= 0.6 is 0 Å². The maximum atomic E-state index is 12.2. The van der Waals surface area contributed by atoms with Crippen LogP contribution in [0.15, 0.2) is 30.5 Å². The van der Waals surface area contributed by atoms with Crippen molar-refractivity contribution < 1.29 is 4.79 Å². The van der Waals surface area contributed by atoms with Gasteiger partial charge in [-0.15, -0.1) is 0 Å². The molecule has 4 heteroatoms. The number of carbonyl (C=O) groups excluding carboxylic acids is 1. The third-order valence-electron chi connectivity index (χ3n) is 4.22. The SMILES string of the molecule is CC(CC1CC1)NC(=O)C(N)Cc1c[nH]c2ccccc12. The molecule has 4 nitrogen and oxygen atoms in total. The highest BCUT2D eigenvalue weighted by Crippen LogP contribution is 2.33. The Bertz CT molecular complexity index is 630. The summed E-state index contributed by atoms with van der Waals surface area (Å²) < 4.78 is 0. The Morgan fingerprint density at radius 2 is 2.19 bits per heavy atom. The summed E-state index contributed by atoms with van der Waals surface area (Å²) in [6, 6.07) is 7.81. The first-order valence-electron chi connectivity index (χ1n) is 7.74. The van der Waals surface area contributed by atoms with E-state index in [4.69, 9.17) is 5.73 Å². The molecule has 1 aliphatic carbocycles. The van der Waals surface area contributed by atoms with Crippen LogP contribution < -0.4 is 11.1 Å². The van der Waals surface area contributed by atoms with Crippen molar-refractivity contribution in [3.05, 3.63) is 36.0 Å². The summed E-state index contributed by atoms with van der Waals surface area (Å²) in [6.07, 6.45) is 6.20. The Kier molecular flexibility index (Phi) is 3.97. The van der Waals surface area contributed by atoms with Crippen molar-refractivity contribution >= 4 is 16.8 Å². The van der Waals surface area contributed by atoms with Gasteiger partial charge < -0.3 is 16.0 Å². The summed E-state index contributed by atoms with van der Waals surface area (Å²) in [6.45, 7) is 2.06. The number of carbonyl (C=O) groups is 1. The molecule has 112 valence electrons. The molecule has 2 unspecified atom stereocenters. The number of nitrogens with one attached hydrogen (secondary N) is 2. The van der Waals surface area contributed by atoms with Gasteiger partial charge in [0.25, 0.3) is 0 Å². The molecule has 2 atom stereocenters. The second-order valence-electron chi connectivity index (χ2n) is 6.26. The molecule has 1 aromatic carbocycles. The van der Waals surface area contributed by atoms with E-state index in [1.165, 1.54) is 12.8 Å². The summed E-state index contributed by atoms with van der Waals surface area (Å²) in [4.78, 5) is 15.4. The number of H-pyrrole nitrogens is 1. The van der Waals surface area contributed by atoms with Crippen LogP contribution in [0.5, 0.6) is 0 Å². The Morgan fingerprint density at radius 3 is 2.95 bits per heavy atom. The van der Waals surface area contributed by atoms with Crippen LogP contribution in [0.25, 0.3) is 10.9 Å². The van der Waals surface area contributed by atoms with Crippen molar-refractivity contribution in [1.29, 1.82) is 0 Å². The van der Waals surface area contributed by atoms with E-state index in [0.29, 0.717) is 6.42 Å². The van der Waals surface area contributed by atoms with E-state index in [1.807, 2.05) is 24.4 Å². The summed E-state index contributed by atoms with van der Waals surface area (Å²) in [7, 11) is 0. The fourth-order valence-corrected chi connectivity index (χ4v) is 2.89. The number of hydrogen-bond acceptors (Lipinski definition) is 2. The molecule has 1 fully saturated rings. The molecule has 21 heavy (non-hydrogen) atoms. The lowest BCUT2D eigenvalue weighted by atomic mass is 10.0. The van der Waals surface area contributed by atoms with E-state index in [9.17, 15) is 4.79 Å². The van der Waals surface area contributed by atoms with Gasteiger partial charge in [0.2, 0.25) is 5.91 Å². The van der Waals surface area contributed by atoms with E-state index < -0.39 is 6.04 Å². The number of amides is 1. The van der Waals surface area contributed by atoms with Crippen LogP contribution in [0.3, 0.4) is 0 Å². The van der Waals surface area contributed by atoms with Crippen molar-refractivity contribution in [2.75, 3.05) is 0 Å². The highest BCUT2D eigenvalue weighted by Gasteiger charge is 2.25. The van der Waals surface area contributed by atoms with Crippen LogP contribution in [0.2, 0.25) is 0 Å². The average Bonchev–Trinajstić information content (AvgIpc) is 3.18. The fourth-order valence-electron chi connectivity index (χ4n) is 2.89. The molecule has 0 radical (unpaired) electrons. The smallest absolute Gasteiger partial charge is 0.237 e. The Morgan fingerprint density at radius 1 is 1.43 bits per heavy atom. The molecule has 1 heterocycles. The van der Waals surface area contributed by atoms with Crippen LogP contribution in [-0.4, -0.2) is 23.0 Å². The molecule has 3 rings (SSSR count). The van der Waals surface area contributed by atoms with E-state index in [2.05, 4.69) is 23.3 Å². The molecule has 2 aromatic rings. The lowest BCUT2D eigenvalue weighted by Gasteiger charge is -2.17. The molecule has 4 N–H and O–H groups in total. The zero-order valence-electron chi connectivity index (χ0n) is 12.4. The molecule has 1 saturated carbocycles. The first-order valence-corrected chi connectivity index (χ1v) is 7.74. The van der Waals surface area contributed by atoms with Crippen LogP contribution in [0, 0.1) is 5.92 Å². The number of benzene rings is 1. The molecular weight excluding hydrogens is 262 g/mol. The maximum absolute atomic E-state index is 12.2. The molecule has 1 aromatic heterocycles. The predicted octanol–water partition coefficient (Wildman–Crippen LogP) is 2.34. The molecule has 0 spiro atoms. The van der Waals surface area contributed by atoms with Gasteiger partial charge in [-0.05, 0) is 37.3 Å². The molecule has 0 bridgehead atoms. The Hall–Kier alpha value is -1.81. The fraction of sp³-hybridized carbons (Fsp3) is 0.471.